The summed E-state index contributed by atoms with van der Waals surface area (Å²) in [5.41, 5.74) is -34.1. The summed E-state index contributed by atoms with van der Waals surface area (Å²) < 4.78 is 206. The van der Waals surface area contributed by atoms with Gasteiger partial charge in [-0.05, 0) is 6.92 Å². The van der Waals surface area contributed by atoms with Crippen molar-refractivity contribution in [2.45, 2.75) is 64.8 Å². The lowest BCUT2D eigenvalue weighted by Crippen LogP contribution is -3.09. The lowest BCUT2D eigenvalue weighted by Gasteiger charge is -2.76. The minimum atomic E-state index is -7.69. The van der Waals surface area contributed by atoms with Gasteiger partial charge >= 0.3 is 41.0 Å². The molecule has 0 aromatic carbocycles. The highest BCUT2D eigenvalue weighted by atomic mass is 19.3. The van der Waals surface area contributed by atoms with Crippen molar-refractivity contribution < 1.29 is 71.3 Å². The van der Waals surface area contributed by atoms with Crippen LogP contribution in [0.15, 0.2) is 0 Å². The molecule has 0 atom stereocenters. The lowest BCUT2D eigenvalue weighted by molar-refractivity contribution is -0.601. The summed E-state index contributed by atoms with van der Waals surface area (Å²) in [4.78, 5) is 0. The number of aliphatic hydroxyl groups is 1. The molecular weight excluding hydrogens is 454 g/mol. The van der Waals surface area contributed by atoms with Crippen molar-refractivity contribution in [1.82, 2.24) is 0 Å². The van der Waals surface area contributed by atoms with Gasteiger partial charge in [-0.1, -0.05) is 0 Å². The predicted molar refractivity (Wildman–Crippen MR) is 61.5 cm³/mol. The summed E-state index contributed by atoms with van der Waals surface area (Å²) in [6.45, 7) is -4.27. The maximum Gasteiger partial charge on any atom is 0.339 e. The number of ether oxygens (including phenoxy) is 1. The fraction of sp³-hybridized carbons (Fsp3) is 1.00. The third-order valence-electron chi connectivity index (χ3n) is 6.12. The van der Waals surface area contributed by atoms with Gasteiger partial charge in [-0.15, -0.1) is 0 Å². The molecule has 0 heterocycles. The Hall–Kier alpha value is -1.06. The molecule has 170 valence electrons. The van der Waals surface area contributed by atoms with E-state index >= 15 is 8.78 Å². The average molecular weight is 462 g/mol. The van der Waals surface area contributed by atoms with Crippen LogP contribution in [0.3, 0.4) is 0 Å². The Morgan fingerprint density at radius 2 is 0.759 bits per heavy atom. The first-order valence-electron chi connectivity index (χ1n) is 7.45. The zero-order chi connectivity index (χ0) is 23.1. The van der Waals surface area contributed by atoms with E-state index < -0.39 is 78.0 Å². The molecule has 0 aliphatic heterocycles. The molecule has 0 spiro atoms. The number of aliphatic hydroxyl groups excluding tert-OH is 1. The third-order valence-corrected chi connectivity index (χ3v) is 6.12. The molecule has 4 bridgehead atoms. The Kier molecular flexibility index (Phi) is 3.69. The quantitative estimate of drug-likeness (QED) is 0.647. The van der Waals surface area contributed by atoms with Gasteiger partial charge in [0.15, 0.2) is 5.60 Å². The Balaban J connectivity index is 2.64. The molecule has 0 saturated heterocycles. The van der Waals surface area contributed by atoms with Crippen molar-refractivity contribution in [2.75, 3.05) is 13.2 Å². The van der Waals surface area contributed by atoms with Gasteiger partial charge in [0.05, 0.1) is 13.2 Å². The molecule has 16 heteroatoms. The van der Waals surface area contributed by atoms with Crippen molar-refractivity contribution in [3.8, 4) is 0 Å². The lowest BCUT2D eigenvalue weighted by atomic mass is 9.37. The van der Waals surface area contributed by atoms with Gasteiger partial charge in [0.25, 0.3) is 11.3 Å². The first kappa shape index (κ1) is 22.6. The summed E-state index contributed by atoms with van der Waals surface area (Å²) in [5.74, 6) is -37.2. The maximum absolute atomic E-state index is 15.2. The SMILES string of the molecule is CC1(OCCO)C2(F)C(F)(F)C3(F)C(F)(F)C(F)(C2(F)F)C(F)(F)C1(F)C3(F)F. The number of rotatable bonds is 3. The van der Waals surface area contributed by atoms with E-state index in [2.05, 4.69) is 4.74 Å². The zero-order valence-electron chi connectivity index (χ0n) is 13.6. The molecule has 4 aliphatic carbocycles. The maximum atomic E-state index is 15.2. The summed E-state index contributed by atoms with van der Waals surface area (Å²) >= 11 is 0. The van der Waals surface area contributed by atoms with Gasteiger partial charge in [0.2, 0.25) is 0 Å². The van der Waals surface area contributed by atoms with E-state index in [-0.39, 0.29) is 0 Å². The van der Waals surface area contributed by atoms with Gasteiger partial charge < -0.3 is 9.84 Å². The van der Waals surface area contributed by atoms with Crippen LogP contribution in [0.5, 0.6) is 0 Å². The van der Waals surface area contributed by atoms with Crippen molar-refractivity contribution in [3.05, 3.63) is 0 Å². The summed E-state index contributed by atoms with van der Waals surface area (Å²) in [6.07, 6.45) is 0. The van der Waals surface area contributed by atoms with Gasteiger partial charge in [-0.3, -0.25) is 0 Å². The molecule has 29 heavy (non-hydrogen) atoms. The molecule has 0 aromatic heterocycles. The second kappa shape index (κ2) is 4.72. The fourth-order valence-corrected chi connectivity index (χ4v) is 4.65. The molecule has 0 aromatic rings. The number of hydrogen-bond donors (Lipinski definition) is 1. The molecule has 0 amide bonds. The van der Waals surface area contributed by atoms with E-state index in [9.17, 15) is 52.7 Å². The van der Waals surface area contributed by atoms with Gasteiger partial charge in [0, 0.05) is 0 Å². The van der Waals surface area contributed by atoms with Crippen LogP contribution in [0.4, 0.5) is 61.5 Å². The molecule has 1 N–H and O–H groups in total. The topological polar surface area (TPSA) is 29.5 Å². The van der Waals surface area contributed by atoms with Gasteiger partial charge in [-0.2, -0.15) is 43.9 Å². The first-order valence-corrected chi connectivity index (χ1v) is 7.45. The minimum absolute atomic E-state index is 0.852. The highest BCUT2D eigenvalue weighted by molar-refractivity contribution is 5.55. The van der Waals surface area contributed by atoms with Crippen LogP contribution in [0.25, 0.3) is 0 Å². The standard InChI is InChI=1S/C13H8F14O2/c1-4(29-3-2-28)5(14)9(18,19)7(16)11(22,23)6(4,15)12(24,25)8(17,10(5,20)21)13(7,26)27/h28H,2-3H2,1H3. The number of hydrogen-bond acceptors (Lipinski definition) is 2. The van der Waals surface area contributed by atoms with Crippen LogP contribution in [0, 0.1) is 0 Å². The van der Waals surface area contributed by atoms with E-state index in [1.54, 1.807) is 0 Å². The number of halogens is 14. The normalized spacial score (nSPS) is 52.6. The highest BCUT2D eigenvalue weighted by Gasteiger charge is 3.21. The van der Waals surface area contributed by atoms with Crippen LogP contribution in [0.1, 0.15) is 6.92 Å². The Labute approximate surface area is 150 Å². The summed E-state index contributed by atoms with van der Waals surface area (Å²) in [7, 11) is 0. The van der Waals surface area contributed by atoms with Crippen LogP contribution in [-0.2, 0) is 4.74 Å². The molecular formula is C13H8F14O2. The molecule has 4 rings (SSSR count). The van der Waals surface area contributed by atoms with Crippen molar-refractivity contribution >= 4 is 0 Å². The molecule has 4 fully saturated rings. The Morgan fingerprint density at radius 3 is 1.00 bits per heavy atom. The number of alkyl halides is 14. The second-order valence-electron chi connectivity index (χ2n) is 7.11. The molecule has 4 saturated carbocycles. The molecule has 4 aliphatic rings. The third kappa shape index (κ3) is 1.34. The Bertz CT molecular complexity index is 675. The van der Waals surface area contributed by atoms with Crippen LogP contribution >= 0.6 is 0 Å². The van der Waals surface area contributed by atoms with E-state index in [0.29, 0.717) is 0 Å². The van der Waals surface area contributed by atoms with E-state index in [4.69, 9.17) is 5.11 Å². The van der Waals surface area contributed by atoms with E-state index in [1.165, 1.54) is 0 Å². The Morgan fingerprint density at radius 1 is 0.517 bits per heavy atom. The van der Waals surface area contributed by atoms with Crippen molar-refractivity contribution in [2.24, 2.45) is 0 Å². The van der Waals surface area contributed by atoms with Gasteiger partial charge in [-0.25, -0.2) is 17.6 Å². The average Bonchev–Trinajstić information content (AvgIpc) is 2.58. The van der Waals surface area contributed by atoms with Gasteiger partial charge in [0.1, 0.15) is 0 Å². The monoisotopic (exact) mass is 462 g/mol. The van der Waals surface area contributed by atoms with Crippen LogP contribution < -0.4 is 0 Å². The van der Waals surface area contributed by atoms with Crippen LogP contribution in [0.2, 0.25) is 0 Å². The smallest absolute Gasteiger partial charge is 0.339 e. The fourth-order valence-electron chi connectivity index (χ4n) is 4.65. The molecule has 0 radical (unpaired) electrons. The first-order chi connectivity index (χ1) is 12.6. The molecule has 0 unspecified atom stereocenters. The minimum Gasteiger partial charge on any atom is -0.394 e. The second-order valence-corrected chi connectivity index (χ2v) is 7.11. The predicted octanol–water partition coefficient (Wildman–Crippen LogP) is 3.80. The zero-order valence-corrected chi connectivity index (χ0v) is 13.6. The van der Waals surface area contributed by atoms with E-state index in [0.717, 1.165) is 0 Å². The summed E-state index contributed by atoms with van der Waals surface area (Å²) in [6, 6.07) is 0. The highest BCUT2D eigenvalue weighted by Crippen LogP contribution is 2.88. The summed E-state index contributed by atoms with van der Waals surface area (Å²) in [5, 5.41) is 8.52. The van der Waals surface area contributed by atoms with Crippen molar-refractivity contribution in [1.29, 1.82) is 0 Å². The van der Waals surface area contributed by atoms with Crippen LogP contribution in [-0.4, -0.2) is 76.2 Å². The largest absolute Gasteiger partial charge is 0.394 e. The molecule has 2 nitrogen and oxygen atoms in total. The van der Waals surface area contributed by atoms with Crippen molar-refractivity contribution in [3.63, 3.8) is 0 Å². The van der Waals surface area contributed by atoms with E-state index in [1.807, 2.05) is 0 Å².